The van der Waals surface area contributed by atoms with E-state index in [2.05, 4.69) is 11.8 Å². The molecule has 84 valence electrons. The lowest BCUT2D eigenvalue weighted by atomic mass is 9.95. The third-order valence-corrected chi connectivity index (χ3v) is 3.04. The number of β-amino-alcohol motifs (C(OH)–C–C–N with tert-alkyl or cyclic N) is 2. The van der Waals surface area contributed by atoms with Gasteiger partial charge in [0.2, 0.25) is 0 Å². The monoisotopic (exact) mass is 201 g/mol. The zero-order valence-corrected chi connectivity index (χ0v) is 9.53. The fourth-order valence-corrected chi connectivity index (χ4v) is 2.15. The Bertz CT molecular complexity index is 172. The van der Waals surface area contributed by atoms with Gasteiger partial charge in [-0.1, -0.05) is 13.8 Å². The van der Waals surface area contributed by atoms with Crippen LogP contribution in [0.1, 0.15) is 33.6 Å². The van der Waals surface area contributed by atoms with E-state index in [1.165, 1.54) is 0 Å². The Kier molecular flexibility index (Phi) is 3.93. The van der Waals surface area contributed by atoms with Crippen LogP contribution in [0.4, 0.5) is 0 Å². The summed E-state index contributed by atoms with van der Waals surface area (Å²) in [4.78, 5) is 2.17. The summed E-state index contributed by atoms with van der Waals surface area (Å²) in [5.74, 6) is 0.534. The van der Waals surface area contributed by atoms with E-state index >= 15 is 0 Å². The summed E-state index contributed by atoms with van der Waals surface area (Å²) in [6, 6.07) is 0. The standard InChI is InChI=1S/C11H23NO2/c1-4-11(3,14)8-12-6-9(2)5-10(13)7-12/h9-10,13-14H,4-8H2,1-3H3. The molecule has 2 N–H and O–H groups in total. The number of hydrogen-bond donors (Lipinski definition) is 2. The Labute approximate surface area is 86.7 Å². The molecule has 1 aliphatic rings. The Hall–Kier alpha value is -0.120. The van der Waals surface area contributed by atoms with Crippen molar-refractivity contribution in [2.24, 2.45) is 5.92 Å². The molecule has 1 heterocycles. The summed E-state index contributed by atoms with van der Waals surface area (Å²) in [5.41, 5.74) is -0.614. The minimum absolute atomic E-state index is 0.216. The molecule has 1 rings (SSSR count). The van der Waals surface area contributed by atoms with Crippen molar-refractivity contribution in [3.05, 3.63) is 0 Å². The number of rotatable bonds is 3. The van der Waals surface area contributed by atoms with Crippen molar-refractivity contribution in [3.63, 3.8) is 0 Å². The van der Waals surface area contributed by atoms with Crippen LogP contribution in [0.3, 0.4) is 0 Å². The summed E-state index contributed by atoms with van der Waals surface area (Å²) >= 11 is 0. The van der Waals surface area contributed by atoms with Gasteiger partial charge in [-0.2, -0.15) is 0 Å². The zero-order chi connectivity index (χ0) is 10.8. The van der Waals surface area contributed by atoms with Crippen LogP contribution >= 0.6 is 0 Å². The minimum Gasteiger partial charge on any atom is -0.392 e. The molecule has 3 nitrogen and oxygen atoms in total. The van der Waals surface area contributed by atoms with E-state index < -0.39 is 5.60 Å². The van der Waals surface area contributed by atoms with Crippen molar-refractivity contribution in [3.8, 4) is 0 Å². The van der Waals surface area contributed by atoms with E-state index in [4.69, 9.17) is 0 Å². The van der Waals surface area contributed by atoms with Gasteiger partial charge in [0.25, 0.3) is 0 Å². The highest BCUT2D eigenvalue weighted by molar-refractivity contribution is 4.82. The molecule has 3 atom stereocenters. The van der Waals surface area contributed by atoms with Gasteiger partial charge in [-0.15, -0.1) is 0 Å². The van der Waals surface area contributed by atoms with Crippen LogP contribution in [0.25, 0.3) is 0 Å². The van der Waals surface area contributed by atoms with E-state index in [9.17, 15) is 10.2 Å². The van der Waals surface area contributed by atoms with Gasteiger partial charge in [0, 0.05) is 19.6 Å². The van der Waals surface area contributed by atoms with Crippen molar-refractivity contribution in [2.45, 2.75) is 45.3 Å². The number of likely N-dealkylation sites (tertiary alicyclic amines) is 1. The molecule has 3 unspecified atom stereocenters. The minimum atomic E-state index is -0.614. The van der Waals surface area contributed by atoms with Crippen molar-refractivity contribution in [2.75, 3.05) is 19.6 Å². The van der Waals surface area contributed by atoms with Gasteiger partial charge in [-0.25, -0.2) is 0 Å². The van der Waals surface area contributed by atoms with Gasteiger partial charge in [-0.3, -0.25) is 4.90 Å². The summed E-state index contributed by atoms with van der Waals surface area (Å²) in [7, 11) is 0. The van der Waals surface area contributed by atoms with Crippen LogP contribution < -0.4 is 0 Å². The van der Waals surface area contributed by atoms with Crippen molar-refractivity contribution in [1.82, 2.24) is 4.90 Å². The highest BCUT2D eigenvalue weighted by Crippen LogP contribution is 2.19. The third-order valence-electron chi connectivity index (χ3n) is 3.04. The normalized spacial score (nSPS) is 34.1. The maximum absolute atomic E-state index is 9.92. The van der Waals surface area contributed by atoms with Gasteiger partial charge in [0.05, 0.1) is 11.7 Å². The van der Waals surface area contributed by atoms with E-state index in [0.717, 1.165) is 19.4 Å². The summed E-state index contributed by atoms with van der Waals surface area (Å²) in [6.45, 7) is 8.37. The van der Waals surface area contributed by atoms with Gasteiger partial charge in [-0.05, 0) is 25.7 Å². The molecule has 1 fully saturated rings. The van der Waals surface area contributed by atoms with Gasteiger partial charge >= 0.3 is 0 Å². The molecular formula is C11H23NO2. The largest absolute Gasteiger partial charge is 0.392 e. The Morgan fingerprint density at radius 3 is 2.57 bits per heavy atom. The fraction of sp³-hybridized carbons (Fsp3) is 1.00. The third kappa shape index (κ3) is 3.56. The molecule has 1 saturated heterocycles. The molecule has 3 heteroatoms. The second-order valence-corrected chi connectivity index (χ2v) is 5.04. The summed E-state index contributed by atoms with van der Waals surface area (Å²) in [5, 5.41) is 19.5. The molecular weight excluding hydrogens is 178 g/mol. The quantitative estimate of drug-likeness (QED) is 0.711. The molecule has 0 saturated carbocycles. The first-order valence-corrected chi connectivity index (χ1v) is 5.56. The van der Waals surface area contributed by atoms with E-state index in [-0.39, 0.29) is 6.10 Å². The first-order valence-electron chi connectivity index (χ1n) is 5.56. The van der Waals surface area contributed by atoms with Crippen LogP contribution in [0.15, 0.2) is 0 Å². The number of aliphatic hydroxyl groups excluding tert-OH is 1. The molecule has 0 aromatic rings. The van der Waals surface area contributed by atoms with Gasteiger partial charge < -0.3 is 10.2 Å². The number of piperidine rings is 1. The lowest BCUT2D eigenvalue weighted by molar-refractivity contribution is -0.0226. The first kappa shape index (κ1) is 12.0. The highest BCUT2D eigenvalue weighted by Gasteiger charge is 2.28. The average molecular weight is 201 g/mol. The smallest absolute Gasteiger partial charge is 0.0743 e. The fourth-order valence-electron chi connectivity index (χ4n) is 2.15. The van der Waals surface area contributed by atoms with Crippen LogP contribution in [0, 0.1) is 5.92 Å². The molecule has 0 bridgehead atoms. The maximum atomic E-state index is 9.92. The highest BCUT2D eigenvalue weighted by atomic mass is 16.3. The van der Waals surface area contributed by atoms with E-state index in [1.54, 1.807) is 0 Å². The van der Waals surface area contributed by atoms with Crippen molar-refractivity contribution < 1.29 is 10.2 Å². The molecule has 14 heavy (non-hydrogen) atoms. The molecule has 0 radical (unpaired) electrons. The second-order valence-electron chi connectivity index (χ2n) is 5.04. The summed E-state index contributed by atoms with van der Waals surface area (Å²) in [6.07, 6.45) is 1.44. The zero-order valence-electron chi connectivity index (χ0n) is 9.53. The summed E-state index contributed by atoms with van der Waals surface area (Å²) < 4.78 is 0. The lowest BCUT2D eigenvalue weighted by Crippen LogP contribution is -2.48. The van der Waals surface area contributed by atoms with Gasteiger partial charge in [0.1, 0.15) is 0 Å². The Morgan fingerprint density at radius 1 is 1.43 bits per heavy atom. The molecule has 0 amide bonds. The molecule has 0 spiro atoms. The average Bonchev–Trinajstić information content (AvgIpc) is 2.01. The van der Waals surface area contributed by atoms with Gasteiger partial charge in [0.15, 0.2) is 0 Å². The number of hydrogen-bond acceptors (Lipinski definition) is 3. The molecule has 1 aliphatic heterocycles. The van der Waals surface area contributed by atoms with Crippen LogP contribution in [0.5, 0.6) is 0 Å². The van der Waals surface area contributed by atoms with Crippen molar-refractivity contribution in [1.29, 1.82) is 0 Å². The van der Waals surface area contributed by atoms with Crippen molar-refractivity contribution >= 4 is 0 Å². The predicted octanol–water partition coefficient (Wildman–Crippen LogP) is 0.850. The topological polar surface area (TPSA) is 43.7 Å². The Morgan fingerprint density at radius 2 is 2.07 bits per heavy atom. The van der Waals surface area contributed by atoms with E-state index in [1.807, 2.05) is 13.8 Å². The lowest BCUT2D eigenvalue weighted by Gasteiger charge is -2.38. The predicted molar refractivity (Wildman–Crippen MR) is 57.1 cm³/mol. The Balaban J connectivity index is 2.44. The number of aliphatic hydroxyl groups is 2. The van der Waals surface area contributed by atoms with Crippen LogP contribution in [0.2, 0.25) is 0 Å². The number of nitrogens with zero attached hydrogens (tertiary/aromatic N) is 1. The molecule has 0 aromatic carbocycles. The van der Waals surface area contributed by atoms with Crippen LogP contribution in [-0.4, -0.2) is 46.5 Å². The SMILES string of the molecule is CCC(C)(O)CN1CC(C)CC(O)C1. The molecule has 0 aliphatic carbocycles. The maximum Gasteiger partial charge on any atom is 0.0743 e. The van der Waals surface area contributed by atoms with Crippen LogP contribution in [-0.2, 0) is 0 Å². The second kappa shape index (κ2) is 4.60. The molecule has 0 aromatic heterocycles. The first-order chi connectivity index (χ1) is 6.43. The van der Waals surface area contributed by atoms with E-state index in [0.29, 0.717) is 19.0 Å².